The minimum atomic E-state index is -0.639. The molecule has 2 nitrogen and oxygen atoms in total. The third-order valence-electron chi connectivity index (χ3n) is 3.21. The molecule has 0 radical (unpaired) electrons. The quantitative estimate of drug-likeness (QED) is 0.717. The van der Waals surface area contributed by atoms with Crippen LogP contribution < -0.4 is 5.32 Å². The molecule has 104 valence electrons. The van der Waals surface area contributed by atoms with Gasteiger partial charge in [0.1, 0.15) is 5.82 Å². The number of nitrogens with one attached hydrogen (secondary N) is 1. The molecule has 3 aromatic rings. The Bertz CT molecular complexity index is 827. The predicted molar refractivity (Wildman–Crippen MR) is 83.3 cm³/mol. The largest absolute Gasteiger partial charge is 0.321 e. The van der Waals surface area contributed by atoms with Gasteiger partial charge < -0.3 is 5.32 Å². The van der Waals surface area contributed by atoms with E-state index in [1.54, 1.807) is 6.07 Å². The Morgan fingerprint density at radius 2 is 1.76 bits per heavy atom. The molecule has 0 atom stereocenters. The van der Waals surface area contributed by atoms with Crippen LogP contribution in [0.25, 0.3) is 10.8 Å². The molecule has 0 heterocycles. The molecule has 3 aromatic carbocycles. The topological polar surface area (TPSA) is 29.1 Å². The molecule has 0 aromatic heterocycles. The van der Waals surface area contributed by atoms with Crippen LogP contribution in [0.1, 0.15) is 10.4 Å². The van der Waals surface area contributed by atoms with Crippen LogP contribution in [0.4, 0.5) is 10.1 Å². The molecule has 1 N–H and O–H groups in total. The smallest absolute Gasteiger partial charge is 0.258 e. The Hall–Kier alpha value is -2.39. The van der Waals surface area contributed by atoms with Crippen LogP contribution in [0.2, 0.25) is 5.02 Å². The SMILES string of the molecule is O=C(Nc1cccc2ccccc12)c1ccc(Cl)cc1F. The molecule has 4 heteroatoms. The molecule has 0 fully saturated rings. The molecule has 0 saturated heterocycles. The fraction of sp³-hybridized carbons (Fsp3) is 0. The van der Waals surface area contributed by atoms with Crippen molar-refractivity contribution in [3.05, 3.63) is 77.1 Å². The zero-order chi connectivity index (χ0) is 14.8. The average molecular weight is 300 g/mol. The van der Waals surface area contributed by atoms with Crippen molar-refractivity contribution >= 4 is 34.0 Å². The van der Waals surface area contributed by atoms with Gasteiger partial charge in [-0.15, -0.1) is 0 Å². The minimum Gasteiger partial charge on any atom is -0.321 e. The first-order valence-corrected chi connectivity index (χ1v) is 6.77. The maximum absolute atomic E-state index is 13.8. The summed E-state index contributed by atoms with van der Waals surface area (Å²) in [5.41, 5.74) is 0.611. The monoisotopic (exact) mass is 299 g/mol. The van der Waals surface area contributed by atoms with Crippen LogP contribution >= 0.6 is 11.6 Å². The molecule has 0 spiro atoms. The summed E-state index contributed by atoms with van der Waals surface area (Å²) in [6, 6.07) is 17.2. The highest BCUT2D eigenvalue weighted by atomic mass is 35.5. The summed E-state index contributed by atoms with van der Waals surface area (Å²) >= 11 is 5.69. The molecule has 3 rings (SSSR count). The Balaban J connectivity index is 1.97. The molecular formula is C17H11ClFNO. The summed E-state index contributed by atoms with van der Waals surface area (Å²) in [5.74, 6) is -1.14. The van der Waals surface area contributed by atoms with E-state index < -0.39 is 11.7 Å². The number of carbonyl (C=O) groups is 1. The van der Waals surface area contributed by atoms with Gasteiger partial charge in [0.15, 0.2) is 0 Å². The zero-order valence-corrected chi connectivity index (χ0v) is 11.7. The van der Waals surface area contributed by atoms with E-state index in [9.17, 15) is 9.18 Å². The summed E-state index contributed by atoms with van der Waals surface area (Å²) < 4.78 is 13.8. The number of anilines is 1. The zero-order valence-electron chi connectivity index (χ0n) is 10.9. The molecule has 0 aliphatic heterocycles. The van der Waals surface area contributed by atoms with Crippen molar-refractivity contribution in [2.45, 2.75) is 0 Å². The van der Waals surface area contributed by atoms with Crippen LogP contribution in [0.15, 0.2) is 60.7 Å². The van der Waals surface area contributed by atoms with Gasteiger partial charge in [-0.2, -0.15) is 0 Å². The highest BCUT2D eigenvalue weighted by Gasteiger charge is 2.13. The van der Waals surface area contributed by atoms with E-state index >= 15 is 0 Å². The number of hydrogen-bond acceptors (Lipinski definition) is 1. The molecule has 0 bridgehead atoms. The van der Waals surface area contributed by atoms with Crippen molar-refractivity contribution in [1.82, 2.24) is 0 Å². The number of benzene rings is 3. The summed E-state index contributed by atoms with van der Waals surface area (Å²) in [7, 11) is 0. The predicted octanol–water partition coefficient (Wildman–Crippen LogP) is 4.88. The van der Waals surface area contributed by atoms with Crippen LogP contribution in [0.5, 0.6) is 0 Å². The van der Waals surface area contributed by atoms with Crippen LogP contribution in [-0.2, 0) is 0 Å². The third-order valence-corrected chi connectivity index (χ3v) is 3.45. The maximum atomic E-state index is 13.8. The molecule has 0 saturated carbocycles. The number of fused-ring (bicyclic) bond motifs is 1. The first-order chi connectivity index (χ1) is 10.1. The number of hydrogen-bond donors (Lipinski definition) is 1. The van der Waals surface area contributed by atoms with E-state index in [1.807, 2.05) is 36.4 Å². The molecular weight excluding hydrogens is 289 g/mol. The van der Waals surface area contributed by atoms with Crippen molar-refractivity contribution in [1.29, 1.82) is 0 Å². The number of halogens is 2. The summed E-state index contributed by atoms with van der Waals surface area (Å²) in [5, 5.41) is 4.91. The van der Waals surface area contributed by atoms with Gasteiger partial charge in [0.25, 0.3) is 5.91 Å². The van der Waals surface area contributed by atoms with Gasteiger partial charge in [-0.25, -0.2) is 4.39 Å². The van der Waals surface area contributed by atoms with Crippen molar-refractivity contribution in [3.8, 4) is 0 Å². The van der Waals surface area contributed by atoms with Crippen LogP contribution in [-0.4, -0.2) is 5.91 Å². The number of carbonyl (C=O) groups excluding carboxylic acids is 1. The lowest BCUT2D eigenvalue weighted by Gasteiger charge is -2.09. The van der Waals surface area contributed by atoms with E-state index in [4.69, 9.17) is 11.6 Å². The molecule has 0 unspecified atom stereocenters. The standard InChI is InChI=1S/C17H11ClFNO/c18-12-8-9-14(15(19)10-12)17(21)20-16-7-3-5-11-4-1-2-6-13(11)16/h1-10H,(H,20,21). The highest BCUT2D eigenvalue weighted by molar-refractivity contribution is 6.30. The second-order valence-electron chi connectivity index (χ2n) is 4.61. The summed E-state index contributed by atoms with van der Waals surface area (Å²) in [6.45, 7) is 0. The number of rotatable bonds is 2. The average Bonchev–Trinajstić information content (AvgIpc) is 2.47. The second kappa shape index (κ2) is 5.54. The van der Waals surface area contributed by atoms with E-state index in [1.165, 1.54) is 12.1 Å². The Morgan fingerprint density at radius 1 is 1.00 bits per heavy atom. The Labute approximate surface area is 126 Å². The van der Waals surface area contributed by atoms with E-state index in [2.05, 4.69) is 5.32 Å². The second-order valence-corrected chi connectivity index (χ2v) is 5.04. The highest BCUT2D eigenvalue weighted by Crippen LogP contribution is 2.24. The molecule has 0 aliphatic carbocycles. The van der Waals surface area contributed by atoms with E-state index in [0.717, 1.165) is 16.8 Å². The van der Waals surface area contributed by atoms with Gasteiger partial charge in [0.2, 0.25) is 0 Å². The molecule has 21 heavy (non-hydrogen) atoms. The van der Waals surface area contributed by atoms with Gasteiger partial charge in [0.05, 0.1) is 5.56 Å². The van der Waals surface area contributed by atoms with Crippen molar-refractivity contribution < 1.29 is 9.18 Å². The van der Waals surface area contributed by atoms with Gasteiger partial charge in [-0.1, -0.05) is 48.0 Å². The van der Waals surface area contributed by atoms with Crippen molar-refractivity contribution in [3.63, 3.8) is 0 Å². The lowest BCUT2D eigenvalue weighted by Crippen LogP contribution is -2.13. The van der Waals surface area contributed by atoms with Gasteiger partial charge in [-0.3, -0.25) is 4.79 Å². The van der Waals surface area contributed by atoms with Gasteiger partial charge >= 0.3 is 0 Å². The maximum Gasteiger partial charge on any atom is 0.258 e. The Morgan fingerprint density at radius 3 is 2.57 bits per heavy atom. The fourth-order valence-electron chi connectivity index (χ4n) is 2.20. The normalized spacial score (nSPS) is 10.6. The lowest BCUT2D eigenvalue weighted by molar-refractivity contribution is 0.102. The van der Waals surface area contributed by atoms with Crippen molar-refractivity contribution in [2.75, 3.05) is 5.32 Å². The first-order valence-electron chi connectivity index (χ1n) is 6.39. The van der Waals surface area contributed by atoms with Crippen LogP contribution in [0, 0.1) is 5.82 Å². The lowest BCUT2D eigenvalue weighted by atomic mass is 10.1. The van der Waals surface area contributed by atoms with Gasteiger partial charge in [-0.05, 0) is 29.7 Å². The van der Waals surface area contributed by atoms with Gasteiger partial charge in [0, 0.05) is 16.1 Å². The van der Waals surface area contributed by atoms with E-state index in [0.29, 0.717) is 5.69 Å². The summed E-state index contributed by atoms with van der Waals surface area (Å²) in [6.07, 6.45) is 0. The fourth-order valence-corrected chi connectivity index (χ4v) is 2.36. The van der Waals surface area contributed by atoms with Crippen LogP contribution in [0.3, 0.4) is 0 Å². The minimum absolute atomic E-state index is 0.0349. The summed E-state index contributed by atoms with van der Waals surface area (Å²) in [4.78, 5) is 12.2. The van der Waals surface area contributed by atoms with Crippen molar-refractivity contribution in [2.24, 2.45) is 0 Å². The Kier molecular flexibility index (Phi) is 3.59. The van der Waals surface area contributed by atoms with E-state index in [-0.39, 0.29) is 10.6 Å². The number of amides is 1. The molecule has 0 aliphatic rings. The molecule has 1 amide bonds. The first kappa shape index (κ1) is 13.6. The third kappa shape index (κ3) is 2.73.